The quantitative estimate of drug-likeness (QED) is 0.797. The Labute approximate surface area is 125 Å². The zero-order chi connectivity index (χ0) is 13.1. The molecule has 1 aromatic rings. The van der Waals surface area contributed by atoms with Gasteiger partial charge < -0.3 is 10.4 Å². The van der Waals surface area contributed by atoms with Crippen LogP contribution in [0.4, 0.5) is 0 Å². The standard InChI is InChI=1S/C13H16INO2S/c1-18-12-4-2-3-10(12)15-13(17)8-5-6-9(14)11(16)7-8/h5-7,10,12,16H,2-4H2,1H3,(H,15,17). The van der Waals surface area contributed by atoms with Crippen molar-refractivity contribution in [1.82, 2.24) is 5.32 Å². The molecule has 1 amide bonds. The number of halogens is 1. The minimum absolute atomic E-state index is 0.0901. The van der Waals surface area contributed by atoms with Gasteiger partial charge in [-0.2, -0.15) is 11.8 Å². The zero-order valence-electron chi connectivity index (χ0n) is 10.1. The minimum atomic E-state index is -0.0901. The molecule has 0 heterocycles. The van der Waals surface area contributed by atoms with Crippen molar-refractivity contribution in [3.63, 3.8) is 0 Å². The zero-order valence-corrected chi connectivity index (χ0v) is 13.1. The Kier molecular flexibility index (Phi) is 4.77. The molecule has 18 heavy (non-hydrogen) atoms. The molecule has 1 aliphatic carbocycles. The van der Waals surface area contributed by atoms with Gasteiger partial charge in [-0.05, 0) is 59.9 Å². The number of rotatable bonds is 3. The highest BCUT2D eigenvalue weighted by Crippen LogP contribution is 2.28. The Morgan fingerprint density at radius 3 is 2.94 bits per heavy atom. The summed E-state index contributed by atoms with van der Waals surface area (Å²) in [5.41, 5.74) is 0.527. The van der Waals surface area contributed by atoms with E-state index in [0.717, 1.165) is 9.99 Å². The SMILES string of the molecule is CSC1CCCC1NC(=O)c1ccc(I)c(O)c1. The predicted octanol–water partition coefficient (Wildman–Crippen LogP) is 3.01. The molecule has 2 unspecified atom stereocenters. The number of aromatic hydroxyl groups is 1. The van der Waals surface area contributed by atoms with Crippen molar-refractivity contribution in [3.8, 4) is 5.75 Å². The molecule has 98 valence electrons. The lowest BCUT2D eigenvalue weighted by molar-refractivity contribution is 0.0938. The smallest absolute Gasteiger partial charge is 0.251 e. The van der Waals surface area contributed by atoms with Gasteiger partial charge in [0.2, 0.25) is 0 Å². The fourth-order valence-corrected chi connectivity index (χ4v) is 3.55. The number of nitrogens with one attached hydrogen (secondary N) is 1. The largest absolute Gasteiger partial charge is 0.507 e. The van der Waals surface area contributed by atoms with Gasteiger partial charge in [-0.1, -0.05) is 6.42 Å². The maximum atomic E-state index is 12.1. The molecule has 3 nitrogen and oxygen atoms in total. The highest BCUT2D eigenvalue weighted by molar-refractivity contribution is 14.1. The Morgan fingerprint density at radius 1 is 1.50 bits per heavy atom. The maximum Gasteiger partial charge on any atom is 0.251 e. The second-order valence-corrected chi connectivity index (χ2v) is 6.69. The van der Waals surface area contributed by atoms with Crippen LogP contribution in [0.25, 0.3) is 0 Å². The number of phenols is 1. The molecular weight excluding hydrogens is 361 g/mol. The van der Waals surface area contributed by atoms with Gasteiger partial charge in [0.05, 0.1) is 3.57 Å². The maximum absolute atomic E-state index is 12.1. The van der Waals surface area contributed by atoms with Gasteiger partial charge in [0.15, 0.2) is 0 Å². The molecule has 2 N–H and O–H groups in total. The number of hydrogen-bond donors (Lipinski definition) is 2. The Balaban J connectivity index is 2.05. The molecule has 0 aromatic heterocycles. The molecule has 1 saturated carbocycles. The van der Waals surface area contributed by atoms with E-state index < -0.39 is 0 Å². The van der Waals surface area contributed by atoms with Crippen molar-refractivity contribution in [2.45, 2.75) is 30.6 Å². The Hall–Kier alpha value is -0.430. The number of thioether (sulfide) groups is 1. The van der Waals surface area contributed by atoms with E-state index in [9.17, 15) is 9.90 Å². The molecule has 1 fully saturated rings. The number of amides is 1. The van der Waals surface area contributed by atoms with Crippen LogP contribution in [0.15, 0.2) is 18.2 Å². The molecule has 2 rings (SSSR count). The summed E-state index contributed by atoms with van der Waals surface area (Å²) in [6, 6.07) is 5.29. The third-order valence-corrected chi connectivity index (χ3v) is 5.36. The number of carbonyl (C=O) groups is 1. The van der Waals surface area contributed by atoms with Crippen LogP contribution in [0, 0.1) is 3.57 Å². The van der Waals surface area contributed by atoms with E-state index >= 15 is 0 Å². The van der Waals surface area contributed by atoms with Gasteiger partial charge in [0.1, 0.15) is 5.75 Å². The number of benzene rings is 1. The summed E-state index contributed by atoms with van der Waals surface area (Å²) >= 11 is 3.86. The lowest BCUT2D eigenvalue weighted by Crippen LogP contribution is -2.38. The summed E-state index contributed by atoms with van der Waals surface area (Å²) in [4.78, 5) is 12.1. The molecule has 0 bridgehead atoms. The summed E-state index contributed by atoms with van der Waals surface area (Å²) < 4.78 is 0.756. The molecule has 0 spiro atoms. The van der Waals surface area contributed by atoms with E-state index in [1.165, 1.54) is 18.9 Å². The summed E-state index contributed by atoms with van der Waals surface area (Å²) in [6.07, 6.45) is 5.48. The van der Waals surface area contributed by atoms with Gasteiger partial charge in [-0.25, -0.2) is 0 Å². The van der Waals surface area contributed by atoms with E-state index in [2.05, 4.69) is 11.6 Å². The van der Waals surface area contributed by atoms with E-state index in [-0.39, 0.29) is 17.7 Å². The van der Waals surface area contributed by atoms with E-state index in [1.807, 2.05) is 34.4 Å². The van der Waals surface area contributed by atoms with Crippen LogP contribution in [-0.4, -0.2) is 28.6 Å². The van der Waals surface area contributed by atoms with Crippen LogP contribution in [0.2, 0.25) is 0 Å². The summed E-state index contributed by atoms with van der Waals surface area (Å²) in [5.74, 6) is 0.0729. The van der Waals surface area contributed by atoms with Crippen molar-refractivity contribution < 1.29 is 9.90 Å². The van der Waals surface area contributed by atoms with Crippen LogP contribution in [-0.2, 0) is 0 Å². The summed E-state index contributed by atoms with van der Waals surface area (Å²) in [5, 5.41) is 13.2. The fraction of sp³-hybridized carbons (Fsp3) is 0.462. The monoisotopic (exact) mass is 377 g/mol. The van der Waals surface area contributed by atoms with Crippen LogP contribution in [0.1, 0.15) is 29.6 Å². The van der Waals surface area contributed by atoms with Gasteiger partial charge in [-0.3, -0.25) is 4.79 Å². The van der Waals surface area contributed by atoms with Crippen molar-refractivity contribution in [1.29, 1.82) is 0 Å². The van der Waals surface area contributed by atoms with Crippen molar-refractivity contribution in [2.75, 3.05) is 6.26 Å². The molecule has 5 heteroatoms. The van der Waals surface area contributed by atoms with Gasteiger partial charge in [0, 0.05) is 16.9 Å². The number of hydrogen-bond acceptors (Lipinski definition) is 3. The van der Waals surface area contributed by atoms with Crippen LogP contribution in [0.3, 0.4) is 0 Å². The van der Waals surface area contributed by atoms with Gasteiger partial charge in [-0.15, -0.1) is 0 Å². The molecular formula is C13H16INO2S. The lowest BCUT2D eigenvalue weighted by Gasteiger charge is -2.19. The highest BCUT2D eigenvalue weighted by Gasteiger charge is 2.28. The van der Waals surface area contributed by atoms with Gasteiger partial charge in [0.25, 0.3) is 5.91 Å². The first-order valence-electron chi connectivity index (χ1n) is 5.94. The van der Waals surface area contributed by atoms with E-state index in [0.29, 0.717) is 10.8 Å². The molecule has 2 atom stereocenters. The average Bonchev–Trinajstić information content (AvgIpc) is 2.79. The average molecular weight is 377 g/mol. The second kappa shape index (κ2) is 6.14. The minimum Gasteiger partial charge on any atom is -0.507 e. The Bertz CT molecular complexity index is 453. The van der Waals surface area contributed by atoms with Crippen LogP contribution >= 0.6 is 34.4 Å². The van der Waals surface area contributed by atoms with Crippen molar-refractivity contribution in [2.24, 2.45) is 0 Å². The van der Waals surface area contributed by atoms with Crippen LogP contribution in [0.5, 0.6) is 5.75 Å². The van der Waals surface area contributed by atoms with E-state index in [4.69, 9.17) is 0 Å². The molecule has 1 aromatic carbocycles. The fourth-order valence-electron chi connectivity index (χ4n) is 2.28. The third kappa shape index (κ3) is 3.12. The normalized spacial score (nSPS) is 23.0. The predicted molar refractivity (Wildman–Crippen MR) is 83.2 cm³/mol. The number of carbonyl (C=O) groups excluding carboxylic acids is 1. The molecule has 1 aliphatic rings. The molecule has 0 radical (unpaired) electrons. The third-order valence-electron chi connectivity index (χ3n) is 3.28. The molecule has 0 aliphatic heterocycles. The summed E-state index contributed by atoms with van der Waals surface area (Å²) in [7, 11) is 0. The highest BCUT2D eigenvalue weighted by atomic mass is 127. The second-order valence-electron chi connectivity index (χ2n) is 4.45. The first-order valence-corrected chi connectivity index (χ1v) is 8.30. The lowest BCUT2D eigenvalue weighted by atomic mass is 10.1. The van der Waals surface area contributed by atoms with Crippen molar-refractivity contribution >= 4 is 40.3 Å². The summed E-state index contributed by atoms with van der Waals surface area (Å²) in [6.45, 7) is 0. The van der Waals surface area contributed by atoms with Crippen LogP contribution < -0.4 is 5.32 Å². The first kappa shape index (κ1) is 14.0. The first-order chi connectivity index (χ1) is 8.61. The van der Waals surface area contributed by atoms with Gasteiger partial charge >= 0.3 is 0 Å². The van der Waals surface area contributed by atoms with E-state index in [1.54, 1.807) is 12.1 Å². The number of phenolic OH excluding ortho intramolecular Hbond substituents is 1. The Morgan fingerprint density at radius 2 is 2.28 bits per heavy atom. The van der Waals surface area contributed by atoms with Crippen molar-refractivity contribution in [3.05, 3.63) is 27.3 Å². The molecule has 0 saturated heterocycles. The topological polar surface area (TPSA) is 49.3 Å².